The van der Waals surface area contributed by atoms with Crippen LogP contribution in [0.5, 0.6) is 0 Å². The highest BCUT2D eigenvalue weighted by Crippen LogP contribution is 2.23. The van der Waals surface area contributed by atoms with Crippen LogP contribution in [-0.4, -0.2) is 36.1 Å². The Balaban J connectivity index is 2.96. The average Bonchev–Trinajstić information content (AvgIpc) is 2.15. The lowest BCUT2D eigenvalue weighted by molar-refractivity contribution is -0.137. The van der Waals surface area contributed by atoms with Crippen LogP contribution in [0, 0.1) is 5.82 Å². The van der Waals surface area contributed by atoms with Gasteiger partial charge in [-0.15, -0.1) is 0 Å². The van der Waals surface area contributed by atoms with Gasteiger partial charge in [0.05, 0.1) is 12.5 Å². The summed E-state index contributed by atoms with van der Waals surface area (Å²) in [5.41, 5.74) is 6.54. The normalized spacial score (nSPS) is 14.6. The molecule has 0 bridgehead atoms. The second kappa shape index (κ2) is 5.75. The van der Waals surface area contributed by atoms with Crippen LogP contribution in [0.25, 0.3) is 0 Å². The second-order valence-corrected chi connectivity index (χ2v) is 4.23. The minimum atomic E-state index is -0.958. The summed E-state index contributed by atoms with van der Waals surface area (Å²) >= 11 is 0. The first-order chi connectivity index (χ1) is 7.91. The van der Waals surface area contributed by atoms with E-state index >= 15 is 0 Å². The van der Waals surface area contributed by atoms with Crippen LogP contribution in [-0.2, 0) is 4.79 Å². The van der Waals surface area contributed by atoms with Crippen molar-refractivity contribution in [1.29, 1.82) is 0 Å². The third kappa shape index (κ3) is 3.80. The number of rotatable bonds is 5. The lowest BCUT2D eigenvalue weighted by Crippen LogP contribution is -2.38. The predicted octanol–water partition coefficient (Wildman–Crippen LogP) is 1.23. The van der Waals surface area contributed by atoms with Gasteiger partial charge in [-0.05, 0) is 31.8 Å². The summed E-state index contributed by atoms with van der Waals surface area (Å²) in [4.78, 5) is 12.5. The van der Waals surface area contributed by atoms with Gasteiger partial charge < -0.3 is 15.7 Å². The van der Waals surface area contributed by atoms with E-state index in [1.807, 2.05) is 0 Å². The molecule has 94 valence electrons. The van der Waals surface area contributed by atoms with Gasteiger partial charge in [-0.1, -0.05) is 12.1 Å². The van der Waals surface area contributed by atoms with Crippen molar-refractivity contribution in [1.82, 2.24) is 4.90 Å². The fraction of sp³-hybridized carbons (Fsp3) is 0.417. The topological polar surface area (TPSA) is 66.6 Å². The van der Waals surface area contributed by atoms with Crippen LogP contribution in [0.3, 0.4) is 0 Å². The van der Waals surface area contributed by atoms with E-state index in [0.717, 1.165) is 0 Å². The molecule has 0 fully saturated rings. The fourth-order valence-electron chi connectivity index (χ4n) is 1.93. The van der Waals surface area contributed by atoms with Gasteiger partial charge in [0, 0.05) is 6.04 Å². The van der Waals surface area contributed by atoms with Crippen LogP contribution in [0.15, 0.2) is 24.3 Å². The zero-order chi connectivity index (χ0) is 13.0. The molecule has 0 heterocycles. The van der Waals surface area contributed by atoms with E-state index in [2.05, 4.69) is 0 Å². The number of halogens is 1. The van der Waals surface area contributed by atoms with Gasteiger partial charge in [0.15, 0.2) is 0 Å². The second-order valence-electron chi connectivity index (χ2n) is 4.23. The molecule has 3 N–H and O–H groups in total. The van der Waals surface area contributed by atoms with Crippen LogP contribution in [0.4, 0.5) is 4.39 Å². The van der Waals surface area contributed by atoms with Crippen molar-refractivity contribution in [3.8, 4) is 0 Å². The Labute approximate surface area is 99.8 Å². The number of carboxylic acid groups (broad SMARTS) is 1. The van der Waals surface area contributed by atoms with Gasteiger partial charge in [0.1, 0.15) is 5.82 Å². The molecule has 17 heavy (non-hydrogen) atoms. The van der Waals surface area contributed by atoms with Crippen molar-refractivity contribution >= 4 is 5.97 Å². The molecule has 0 radical (unpaired) electrons. The van der Waals surface area contributed by atoms with E-state index in [1.54, 1.807) is 31.1 Å². The smallest absolute Gasteiger partial charge is 0.304 e. The van der Waals surface area contributed by atoms with Crippen molar-refractivity contribution in [2.75, 3.05) is 14.1 Å². The van der Waals surface area contributed by atoms with E-state index in [0.29, 0.717) is 5.56 Å². The number of aliphatic carboxylic acids is 1. The SMILES string of the molecule is CN(C)C(c1cccc(F)c1)C(N)CC(=O)O. The molecule has 2 atom stereocenters. The average molecular weight is 240 g/mol. The fourth-order valence-corrected chi connectivity index (χ4v) is 1.93. The van der Waals surface area contributed by atoms with Crippen molar-refractivity contribution in [3.05, 3.63) is 35.6 Å². The Bertz CT molecular complexity index is 396. The van der Waals surface area contributed by atoms with Gasteiger partial charge in [-0.25, -0.2) is 4.39 Å². The Morgan fingerprint density at radius 3 is 2.65 bits per heavy atom. The van der Waals surface area contributed by atoms with Crippen LogP contribution < -0.4 is 5.73 Å². The van der Waals surface area contributed by atoms with Gasteiger partial charge in [0.25, 0.3) is 0 Å². The van der Waals surface area contributed by atoms with Gasteiger partial charge >= 0.3 is 5.97 Å². The number of carbonyl (C=O) groups is 1. The molecule has 0 saturated carbocycles. The van der Waals surface area contributed by atoms with Crippen LogP contribution >= 0.6 is 0 Å². The highest BCUT2D eigenvalue weighted by molar-refractivity contribution is 5.67. The Morgan fingerprint density at radius 2 is 2.18 bits per heavy atom. The number of benzene rings is 1. The Morgan fingerprint density at radius 1 is 1.53 bits per heavy atom. The van der Waals surface area contributed by atoms with Crippen molar-refractivity contribution in [2.45, 2.75) is 18.5 Å². The maximum atomic E-state index is 13.1. The molecule has 1 aromatic carbocycles. The molecule has 1 rings (SSSR count). The summed E-state index contributed by atoms with van der Waals surface area (Å²) in [6.45, 7) is 0. The first kappa shape index (κ1) is 13.6. The van der Waals surface area contributed by atoms with Crippen LogP contribution in [0.1, 0.15) is 18.0 Å². The highest BCUT2D eigenvalue weighted by Gasteiger charge is 2.24. The number of carboxylic acids is 1. The number of nitrogens with two attached hydrogens (primary N) is 1. The lowest BCUT2D eigenvalue weighted by Gasteiger charge is -2.29. The van der Waals surface area contributed by atoms with Gasteiger partial charge in [-0.2, -0.15) is 0 Å². The quantitative estimate of drug-likeness (QED) is 0.812. The molecular formula is C12H17FN2O2. The molecule has 0 aliphatic heterocycles. The molecule has 4 nitrogen and oxygen atoms in total. The van der Waals surface area contributed by atoms with E-state index < -0.39 is 12.0 Å². The van der Waals surface area contributed by atoms with E-state index in [-0.39, 0.29) is 18.3 Å². The molecule has 1 aromatic rings. The summed E-state index contributed by atoms with van der Waals surface area (Å²) in [5.74, 6) is -1.31. The molecule has 0 amide bonds. The number of hydrogen-bond acceptors (Lipinski definition) is 3. The number of hydrogen-bond donors (Lipinski definition) is 2. The minimum Gasteiger partial charge on any atom is -0.481 e. The third-order valence-corrected chi connectivity index (χ3v) is 2.56. The third-order valence-electron chi connectivity index (χ3n) is 2.56. The molecular weight excluding hydrogens is 223 g/mol. The summed E-state index contributed by atoms with van der Waals surface area (Å²) in [5, 5.41) is 8.74. The standard InChI is InChI=1S/C12H17FN2O2/c1-15(2)12(10(14)7-11(16)17)8-4-3-5-9(13)6-8/h3-6,10,12H,7,14H2,1-2H3,(H,16,17). The predicted molar refractivity (Wildman–Crippen MR) is 63.1 cm³/mol. The molecule has 0 saturated heterocycles. The maximum Gasteiger partial charge on any atom is 0.304 e. The van der Waals surface area contributed by atoms with Crippen molar-refractivity contribution < 1.29 is 14.3 Å². The largest absolute Gasteiger partial charge is 0.481 e. The summed E-state index contributed by atoms with van der Waals surface area (Å²) < 4.78 is 13.1. The highest BCUT2D eigenvalue weighted by atomic mass is 19.1. The minimum absolute atomic E-state index is 0.153. The zero-order valence-corrected chi connectivity index (χ0v) is 9.93. The molecule has 0 aliphatic rings. The van der Waals surface area contributed by atoms with E-state index in [1.165, 1.54) is 12.1 Å². The van der Waals surface area contributed by atoms with Gasteiger partial charge in [0.2, 0.25) is 0 Å². The monoisotopic (exact) mass is 240 g/mol. The van der Waals surface area contributed by atoms with E-state index in [4.69, 9.17) is 10.8 Å². The first-order valence-corrected chi connectivity index (χ1v) is 5.31. The maximum absolute atomic E-state index is 13.1. The first-order valence-electron chi connectivity index (χ1n) is 5.31. The molecule has 2 unspecified atom stereocenters. The summed E-state index contributed by atoms with van der Waals surface area (Å²) in [6, 6.07) is 5.17. The Hall–Kier alpha value is -1.46. The van der Waals surface area contributed by atoms with Gasteiger partial charge in [-0.3, -0.25) is 4.79 Å². The van der Waals surface area contributed by atoms with Crippen molar-refractivity contribution in [3.63, 3.8) is 0 Å². The molecule has 0 aromatic heterocycles. The molecule has 0 aliphatic carbocycles. The molecule has 0 spiro atoms. The molecule has 5 heteroatoms. The lowest BCUT2D eigenvalue weighted by atomic mass is 9.96. The zero-order valence-electron chi connectivity index (χ0n) is 9.93. The van der Waals surface area contributed by atoms with Crippen LogP contribution in [0.2, 0.25) is 0 Å². The number of nitrogens with zero attached hydrogens (tertiary/aromatic N) is 1. The summed E-state index contributed by atoms with van der Waals surface area (Å²) in [7, 11) is 3.58. The summed E-state index contributed by atoms with van der Waals surface area (Å²) in [6.07, 6.45) is -0.153. The number of likely N-dealkylation sites (N-methyl/N-ethyl adjacent to an activating group) is 1. The Kier molecular flexibility index (Phi) is 4.60. The van der Waals surface area contributed by atoms with Crippen molar-refractivity contribution in [2.24, 2.45) is 5.73 Å². The van der Waals surface area contributed by atoms with E-state index in [9.17, 15) is 9.18 Å².